The molecule has 0 bridgehead atoms. The number of alkyl halides is 2. The van der Waals surface area contributed by atoms with E-state index < -0.39 is 23.3 Å². The van der Waals surface area contributed by atoms with Gasteiger partial charge in [-0.1, -0.05) is 6.07 Å². The van der Waals surface area contributed by atoms with E-state index in [1.54, 1.807) is 0 Å². The molecule has 138 valence electrons. The van der Waals surface area contributed by atoms with Crippen molar-refractivity contribution in [2.75, 3.05) is 13.1 Å². The number of aromatic nitrogens is 2. The van der Waals surface area contributed by atoms with Crippen LogP contribution in [-0.4, -0.2) is 39.4 Å². The summed E-state index contributed by atoms with van der Waals surface area (Å²) in [6, 6.07) is 5.08. The number of amides is 2. The zero-order chi connectivity index (χ0) is 19.1. The summed E-state index contributed by atoms with van der Waals surface area (Å²) in [5.74, 6) is -1.04. The highest BCUT2D eigenvalue weighted by molar-refractivity contribution is 5.96. The first-order chi connectivity index (χ1) is 12.4. The number of carbonyl (C=O) groups is 2. The smallest absolute Gasteiger partial charge is 0.319 e. The Kier molecular flexibility index (Phi) is 6.31. The van der Waals surface area contributed by atoms with Gasteiger partial charge in [0.2, 0.25) is 5.91 Å². The Morgan fingerprint density at radius 3 is 2.77 bits per heavy atom. The second-order valence-corrected chi connectivity index (χ2v) is 5.12. The molecule has 1 aromatic heterocycles. The largest absolute Gasteiger partial charge is 0.354 e. The summed E-state index contributed by atoms with van der Waals surface area (Å²) in [5, 5.41) is 15.5. The first-order valence-electron chi connectivity index (χ1n) is 7.47. The zero-order valence-corrected chi connectivity index (χ0v) is 13.4. The number of nitro groups is 1. The number of nitrogens with zero attached hydrogens (tertiary/aromatic N) is 3. The number of nitro benzene ring substituents is 1. The van der Waals surface area contributed by atoms with Crippen LogP contribution in [0.4, 0.5) is 14.5 Å². The molecule has 2 N–H and O–H groups in total. The molecule has 2 rings (SSSR count). The lowest BCUT2D eigenvalue weighted by Crippen LogP contribution is -2.37. The molecule has 0 radical (unpaired) electrons. The van der Waals surface area contributed by atoms with E-state index in [-0.39, 0.29) is 36.6 Å². The van der Waals surface area contributed by atoms with Crippen molar-refractivity contribution < 1.29 is 23.3 Å². The molecule has 2 amide bonds. The maximum atomic E-state index is 12.6. The first-order valence-corrected chi connectivity index (χ1v) is 7.47. The number of carbonyl (C=O) groups excluding carboxylic acids is 2. The second-order valence-electron chi connectivity index (χ2n) is 5.12. The molecule has 2 aromatic rings. The van der Waals surface area contributed by atoms with Gasteiger partial charge in [-0.15, -0.1) is 0 Å². The van der Waals surface area contributed by atoms with Crippen molar-refractivity contribution in [1.82, 2.24) is 20.2 Å². The monoisotopic (exact) mass is 367 g/mol. The molecule has 26 heavy (non-hydrogen) atoms. The molecule has 0 aliphatic rings. The van der Waals surface area contributed by atoms with Gasteiger partial charge in [-0.25, -0.2) is 4.98 Å². The van der Waals surface area contributed by atoms with Gasteiger partial charge in [0.15, 0.2) is 0 Å². The predicted molar refractivity (Wildman–Crippen MR) is 85.6 cm³/mol. The van der Waals surface area contributed by atoms with Crippen molar-refractivity contribution in [3.05, 3.63) is 58.2 Å². The molecule has 0 saturated heterocycles. The van der Waals surface area contributed by atoms with Crippen LogP contribution in [0.15, 0.2) is 36.7 Å². The quantitative estimate of drug-likeness (QED) is 0.538. The summed E-state index contributed by atoms with van der Waals surface area (Å²) in [5.41, 5.74) is -0.192. The summed E-state index contributed by atoms with van der Waals surface area (Å²) in [7, 11) is 0. The minimum absolute atomic E-state index is 0.0472. The van der Waals surface area contributed by atoms with Crippen LogP contribution in [-0.2, 0) is 11.2 Å². The van der Waals surface area contributed by atoms with Gasteiger partial charge >= 0.3 is 6.55 Å². The lowest BCUT2D eigenvalue weighted by molar-refractivity contribution is -0.384. The van der Waals surface area contributed by atoms with Gasteiger partial charge in [0.1, 0.15) is 5.82 Å². The molecular formula is C15H15F2N5O4. The average molecular weight is 367 g/mol. The van der Waals surface area contributed by atoms with Crippen LogP contribution in [0.2, 0.25) is 0 Å². The third kappa shape index (κ3) is 5.06. The number of benzene rings is 1. The maximum Gasteiger partial charge on any atom is 0.319 e. The Morgan fingerprint density at radius 2 is 2.08 bits per heavy atom. The zero-order valence-electron chi connectivity index (χ0n) is 13.4. The molecule has 0 saturated carbocycles. The van der Waals surface area contributed by atoms with Gasteiger partial charge in [0, 0.05) is 43.1 Å². The van der Waals surface area contributed by atoms with E-state index in [2.05, 4.69) is 15.6 Å². The van der Waals surface area contributed by atoms with Crippen molar-refractivity contribution in [1.29, 1.82) is 0 Å². The summed E-state index contributed by atoms with van der Waals surface area (Å²) >= 11 is 0. The Hall–Kier alpha value is -3.37. The highest BCUT2D eigenvalue weighted by atomic mass is 19.3. The SMILES string of the molecule is O=C(CNC(=O)c1cccc([N+](=O)[O-])c1)NCCc1nccn1C(F)F. The maximum absolute atomic E-state index is 12.6. The summed E-state index contributed by atoms with van der Waals surface area (Å²) < 4.78 is 26.0. The fourth-order valence-corrected chi connectivity index (χ4v) is 2.11. The van der Waals surface area contributed by atoms with Gasteiger partial charge in [0.25, 0.3) is 11.6 Å². The predicted octanol–water partition coefficient (Wildman–Crippen LogP) is 1.28. The average Bonchev–Trinajstić information content (AvgIpc) is 3.08. The van der Waals surface area contributed by atoms with Crippen LogP contribution in [0.5, 0.6) is 0 Å². The van der Waals surface area contributed by atoms with Gasteiger partial charge in [-0.05, 0) is 6.07 Å². The summed E-state index contributed by atoms with van der Waals surface area (Å²) in [6.07, 6.45) is 2.48. The number of imidazole rings is 1. The van der Waals surface area contributed by atoms with Gasteiger partial charge in [-0.3, -0.25) is 24.3 Å². The lowest BCUT2D eigenvalue weighted by Gasteiger charge is -2.08. The van der Waals surface area contributed by atoms with Gasteiger partial charge in [0.05, 0.1) is 11.5 Å². The van der Waals surface area contributed by atoms with E-state index in [9.17, 15) is 28.5 Å². The third-order valence-electron chi connectivity index (χ3n) is 3.36. The Morgan fingerprint density at radius 1 is 1.31 bits per heavy atom. The molecule has 9 nitrogen and oxygen atoms in total. The number of hydrogen-bond acceptors (Lipinski definition) is 5. The van der Waals surface area contributed by atoms with Crippen LogP contribution in [0.25, 0.3) is 0 Å². The van der Waals surface area contributed by atoms with Gasteiger partial charge in [-0.2, -0.15) is 8.78 Å². The normalized spacial score (nSPS) is 10.6. The summed E-state index contributed by atoms with van der Waals surface area (Å²) in [6.45, 7) is -3.00. The molecule has 0 aliphatic heterocycles. The number of nitrogens with one attached hydrogen (secondary N) is 2. The Balaban J connectivity index is 1.78. The van der Waals surface area contributed by atoms with Crippen molar-refractivity contribution in [3.63, 3.8) is 0 Å². The van der Waals surface area contributed by atoms with E-state index >= 15 is 0 Å². The number of hydrogen-bond donors (Lipinski definition) is 2. The van der Waals surface area contributed by atoms with Crippen molar-refractivity contribution in [2.45, 2.75) is 13.0 Å². The standard InChI is InChI=1S/C15H15F2N5O4/c16-15(17)21-7-6-18-12(21)4-5-19-13(23)9-20-14(24)10-2-1-3-11(8-10)22(25)26/h1-3,6-8,15H,4-5,9H2,(H,19,23)(H,20,24). The van der Waals surface area contributed by atoms with E-state index in [4.69, 9.17) is 0 Å². The Labute approximate surface area is 146 Å². The first kappa shape index (κ1) is 19.0. The van der Waals surface area contributed by atoms with E-state index in [0.29, 0.717) is 4.57 Å². The topological polar surface area (TPSA) is 119 Å². The van der Waals surface area contributed by atoms with E-state index in [0.717, 1.165) is 12.3 Å². The van der Waals surface area contributed by atoms with Crippen LogP contribution in [0, 0.1) is 10.1 Å². The highest BCUT2D eigenvalue weighted by Crippen LogP contribution is 2.13. The van der Waals surface area contributed by atoms with Crippen molar-refractivity contribution in [3.8, 4) is 0 Å². The molecule has 1 aromatic carbocycles. The molecule has 0 fully saturated rings. The second kappa shape index (κ2) is 8.65. The minimum atomic E-state index is -2.71. The van der Waals surface area contributed by atoms with E-state index in [1.165, 1.54) is 24.4 Å². The number of rotatable bonds is 8. The van der Waals surface area contributed by atoms with Crippen molar-refractivity contribution >= 4 is 17.5 Å². The van der Waals surface area contributed by atoms with Crippen LogP contribution >= 0.6 is 0 Å². The van der Waals surface area contributed by atoms with E-state index in [1.807, 2.05) is 0 Å². The molecule has 0 unspecified atom stereocenters. The van der Waals surface area contributed by atoms with Crippen LogP contribution < -0.4 is 10.6 Å². The summed E-state index contributed by atoms with van der Waals surface area (Å²) in [4.78, 5) is 37.4. The lowest BCUT2D eigenvalue weighted by atomic mass is 10.2. The highest BCUT2D eigenvalue weighted by Gasteiger charge is 2.13. The van der Waals surface area contributed by atoms with Crippen molar-refractivity contribution in [2.24, 2.45) is 0 Å². The molecule has 1 heterocycles. The fourth-order valence-electron chi connectivity index (χ4n) is 2.11. The third-order valence-corrected chi connectivity index (χ3v) is 3.36. The Bertz CT molecular complexity index is 809. The van der Waals surface area contributed by atoms with Crippen LogP contribution in [0.3, 0.4) is 0 Å². The molecule has 0 atom stereocenters. The van der Waals surface area contributed by atoms with Gasteiger partial charge < -0.3 is 10.6 Å². The number of non-ortho nitro benzene ring substituents is 1. The molecular weight excluding hydrogens is 352 g/mol. The fraction of sp³-hybridized carbons (Fsp3) is 0.267. The molecule has 11 heteroatoms. The minimum Gasteiger partial charge on any atom is -0.354 e. The molecule has 0 spiro atoms. The van der Waals surface area contributed by atoms with Crippen LogP contribution in [0.1, 0.15) is 22.7 Å². The number of halogens is 2. The molecule has 0 aliphatic carbocycles.